The zero-order valence-corrected chi connectivity index (χ0v) is 17.8. The molecule has 1 aliphatic carbocycles. The van der Waals surface area contributed by atoms with Crippen LogP contribution in [0.5, 0.6) is 0 Å². The molecule has 1 aliphatic rings. The van der Waals surface area contributed by atoms with Crippen molar-refractivity contribution in [1.82, 2.24) is 24.3 Å². The zero-order valence-electron chi connectivity index (χ0n) is 17.8. The Hall–Kier alpha value is -3.48. The van der Waals surface area contributed by atoms with E-state index in [1.165, 1.54) is 0 Å². The Balaban J connectivity index is 1.40. The van der Waals surface area contributed by atoms with E-state index in [0.29, 0.717) is 11.7 Å². The second-order valence-electron chi connectivity index (χ2n) is 8.02. The van der Waals surface area contributed by atoms with E-state index in [0.717, 1.165) is 54.0 Å². The number of benzene rings is 1. The molecule has 2 unspecified atom stereocenters. The lowest BCUT2D eigenvalue weighted by atomic mass is 10.2. The number of amides is 1. The summed E-state index contributed by atoms with van der Waals surface area (Å²) in [6.07, 6.45) is 6.63. The SMILES string of the molecule is CCN(CC)C(=O)C1CC1CNc1nc(-c2ccc3nccn3c2)nc2ccccc12. The van der Waals surface area contributed by atoms with E-state index >= 15 is 0 Å². The molecule has 0 aliphatic heterocycles. The number of pyridine rings is 1. The van der Waals surface area contributed by atoms with E-state index < -0.39 is 0 Å². The predicted molar refractivity (Wildman–Crippen MR) is 122 cm³/mol. The summed E-state index contributed by atoms with van der Waals surface area (Å²) < 4.78 is 1.97. The van der Waals surface area contributed by atoms with E-state index in [4.69, 9.17) is 9.97 Å². The van der Waals surface area contributed by atoms with E-state index in [1.807, 2.05) is 71.9 Å². The molecule has 1 N–H and O–H groups in total. The maximum Gasteiger partial charge on any atom is 0.226 e. The molecule has 1 amide bonds. The summed E-state index contributed by atoms with van der Waals surface area (Å²) in [4.78, 5) is 28.4. The van der Waals surface area contributed by atoms with Crippen LogP contribution in [0.3, 0.4) is 0 Å². The zero-order chi connectivity index (χ0) is 21.4. The number of fused-ring (bicyclic) bond motifs is 2. The number of carbonyl (C=O) groups is 1. The number of para-hydroxylation sites is 1. The quantitative estimate of drug-likeness (QED) is 0.497. The highest BCUT2D eigenvalue weighted by Crippen LogP contribution is 2.40. The third kappa shape index (κ3) is 3.71. The summed E-state index contributed by atoms with van der Waals surface area (Å²) in [6, 6.07) is 12.0. The first-order valence-corrected chi connectivity index (χ1v) is 10.9. The monoisotopic (exact) mass is 414 g/mol. The van der Waals surface area contributed by atoms with Gasteiger partial charge in [-0.15, -0.1) is 0 Å². The van der Waals surface area contributed by atoms with Gasteiger partial charge in [-0.2, -0.15) is 0 Å². The first kappa shape index (κ1) is 19.5. The van der Waals surface area contributed by atoms with Gasteiger partial charge in [-0.25, -0.2) is 15.0 Å². The normalized spacial score (nSPS) is 17.7. The van der Waals surface area contributed by atoms with Crippen molar-refractivity contribution in [2.75, 3.05) is 25.0 Å². The third-order valence-corrected chi connectivity index (χ3v) is 6.10. The fraction of sp³-hybridized carbons (Fsp3) is 0.333. The van der Waals surface area contributed by atoms with Gasteiger partial charge in [0.25, 0.3) is 0 Å². The van der Waals surface area contributed by atoms with Crippen LogP contribution in [-0.4, -0.2) is 49.8 Å². The largest absolute Gasteiger partial charge is 0.369 e. The number of anilines is 1. The number of hydrogen-bond acceptors (Lipinski definition) is 5. The van der Waals surface area contributed by atoms with Gasteiger partial charge >= 0.3 is 0 Å². The number of nitrogens with zero attached hydrogens (tertiary/aromatic N) is 5. The van der Waals surface area contributed by atoms with Crippen LogP contribution in [0.15, 0.2) is 55.0 Å². The average Bonchev–Trinajstić information content (AvgIpc) is 3.43. The van der Waals surface area contributed by atoms with Crippen molar-refractivity contribution in [3.05, 3.63) is 55.0 Å². The number of aromatic nitrogens is 4. The van der Waals surface area contributed by atoms with Gasteiger partial charge in [-0.05, 0) is 50.5 Å². The number of hydrogen-bond donors (Lipinski definition) is 1. The minimum Gasteiger partial charge on any atom is -0.369 e. The van der Waals surface area contributed by atoms with Gasteiger partial charge in [0.2, 0.25) is 5.91 Å². The fourth-order valence-electron chi connectivity index (χ4n) is 4.17. The number of rotatable bonds is 7. The number of imidazole rings is 1. The topological polar surface area (TPSA) is 75.4 Å². The molecule has 7 heteroatoms. The number of nitrogens with one attached hydrogen (secondary N) is 1. The first-order chi connectivity index (χ1) is 15.2. The van der Waals surface area contributed by atoms with Crippen LogP contribution in [0.1, 0.15) is 20.3 Å². The molecular formula is C24H26N6O. The molecule has 5 rings (SSSR count). The molecule has 4 aromatic rings. The Morgan fingerprint density at radius 1 is 1.16 bits per heavy atom. The standard InChI is InChI=1S/C24H26N6O/c1-3-29(4-2)24(31)19-13-17(19)14-26-23-18-7-5-6-8-20(18)27-22(28-23)16-9-10-21-25-11-12-30(21)15-16/h5-12,15,17,19H,3-4,13-14H2,1-2H3,(H,26,27,28). The van der Waals surface area contributed by atoms with Crippen LogP contribution in [-0.2, 0) is 4.79 Å². The molecule has 0 bridgehead atoms. The Morgan fingerprint density at radius 2 is 2.00 bits per heavy atom. The summed E-state index contributed by atoms with van der Waals surface area (Å²) in [5.74, 6) is 2.24. The molecule has 1 saturated carbocycles. The lowest BCUT2D eigenvalue weighted by Gasteiger charge is -2.18. The Kier molecular flexibility index (Phi) is 5.02. The fourth-order valence-corrected chi connectivity index (χ4v) is 4.17. The van der Waals surface area contributed by atoms with Gasteiger partial charge in [0, 0.05) is 55.1 Å². The molecule has 0 radical (unpaired) electrons. The van der Waals surface area contributed by atoms with Crippen LogP contribution < -0.4 is 5.32 Å². The third-order valence-electron chi connectivity index (χ3n) is 6.10. The molecule has 1 aromatic carbocycles. The predicted octanol–water partition coefficient (Wildman–Crippen LogP) is 3.86. The van der Waals surface area contributed by atoms with E-state index in [-0.39, 0.29) is 11.8 Å². The lowest BCUT2D eigenvalue weighted by Crippen LogP contribution is -2.32. The Labute approximate surface area is 181 Å². The molecule has 0 saturated heterocycles. The van der Waals surface area contributed by atoms with Crippen LogP contribution >= 0.6 is 0 Å². The van der Waals surface area contributed by atoms with Crippen molar-refractivity contribution in [3.8, 4) is 11.4 Å². The highest BCUT2D eigenvalue weighted by molar-refractivity contribution is 5.90. The molecule has 2 atom stereocenters. The van der Waals surface area contributed by atoms with Crippen LogP contribution in [0, 0.1) is 11.8 Å². The van der Waals surface area contributed by atoms with Gasteiger partial charge in [-0.3, -0.25) is 4.79 Å². The smallest absolute Gasteiger partial charge is 0.226 e. The molecule has 1 fully saturated rings. The van der Waals surface area contributed by atoms with Crippen molar-refractivity contribution in [3.63, 3.8) is 0 Å². The highest BCUT2D eigenvalue weighted by atomic mass is 16.2. The molecular weight excluding hydrogens is 388 g/mol. The molecule has 0 spiro atoms. The van der Waals surface area contributed by atoms with Gasteiger partial charge in [0.1, 0.15) is 11.5 Å². The molecule has 7 nitrogen and oxygen atoms in total. The van der Waals surface area contributed by atoms with Crippen LogP contribution in [0.4, 0.5) is 5.82 Å². The average molecular weight is 415 g/mol. The maximum atomic E-state index is 12.6. The van der Waals surface area contributed by atoms with Gasteiger partial charge in [0.15, 0.2) is 5.82 Å². The van der Waals surface area contributed by atoms with Gasteiger partial charge in [-0.1, -0.05) is 12.1 Å². The Morgan fingerprint density at radius 3 is 2.84 bits per heavy atom. The summed E-state index contributed by atoms with van der Waals surface area (Å²) in [5.41, 5.74) is 2.72. The van der Waals surface area contributed by atoms with Crippen LogP contribution in [0.2, 0.25) is 0 Å². The summed E-state index contributed by atoms with van der Waals surface area (Å²) >= 11 is 0. The summed E-state index contributed by atoms with van der Waals surface area (Å²) in [6.45, 7) is 6.35. The second-order valence-corrected chi connectivity index (χ2v) is 8.02. The maximum absolute atomic E-state index is 12.6. The summed E-state index contributed by atoms with van der Waals surface area (Å²) in [5, 5.41) is 4.50. The van der Waals surface area contributed by atoms with Crippen molar-refractivity contribution in [2.45, 2.75) is 20.3 Å². The number of carbonyl (C=O) groups excluding carboxylic acids is 1. The molecule has 3 heterocycles. The van der Waals surface area contributed by atoms with Crippen molar-refractivity contribution >= 4 is 28.3 Å². The van der Waals surface area contributed by atoms with E-state index in [1.54, 1.807) is 6.20 Å². The second kappa shape index (κ2) is 7.98. The molecule has 158 valence electrons. The van der Waals surface area contributed by atoms with E-state index in [9.17, 15) is 4.79 Å². The lowest BCUT2D eigenvalue weighted by molar-refractivity contribution is -0.132. The van der Waals surface area contributed by atoms with Gasteiger partial charge in [0.05, 0.1) is 5.52 Å². The van der Waals surface area contributed by atoms with E-state index in [2.05, 4.69) is 10.3 Å². The Bertz CT molecular complexity index is 1250. The van der Waals surface area contributed by atoms with Crippen LogP contribution in [0.25, 0.3) is 27.9 Å². The minimum absolute atomic E-state index is 0.128. The first-order valence-electron chi connectivity index (χ1n) is 10.9. The molecule has 31 heavy (non-hydrogen) atoms. The van der Waals surface area contributed by atoms with Gasteiger partial charge < -0.3 is 14.6 Å². The van der Waals surface area contributed by atoms with Crippen molar-refractivity contribution in [2.24, 2.45) is 11.8 Å². The van der Waals surface area contributed by atoms with Crippen molar-refractivity contribution in [1.29, 1.82) is 0 Å². The minimum atomic E-state index is 0.128. The highest BCUT2D eigenvalue weighted by Gasteiger charge is 2.44. The molecule has 3 aromatic heterocycles. The van der Waals surface area contributed by atoms with Crippen molar-refractivity contribution < 1.29 is 4.79 Å². The summed E-state index contributed by atoms with van der Waals surface area (Å²) in [7, 11) is 0.